The van der Waals surface area contributed by atoms with Gasteiger partial charge in [-0.2, -0.15) is 0 Å². The van der Waals surface area contributed by atoms with E-state index < -0.39 is 11.7 Å². The van der Waals surface area contributed by atoms with E-state index in [4.69, 9.17) is 0 Å². The summed E-state index contributed by atoms with van der Waals surface area (Å²) in [5.41, 5.74) is 1.95. The van der Waals surface area contributed by atoms with Gasteiger partial charge in [-0.05, 0) is 41.5 Å². The van der Waals surface area contributed by atoms with Gasteiger partial charge in [0.2, 0.25) is 5.91 Å². The van der Waals surface area contributed by atoms with Crippen LogP contribution in [-0.4, -0.2) is 23.3 Å². The van der Waals surface area contributed by atoms with Crippen LogP contribution in [0.15, 0.2) is 79.1 Å². The maximum absolute atomic E-state index is 13.2. The lowest BCUT2D eigenvalue weighted by Crippen LogP contribution is -2.39. The van der Waals surface area contributed by atoms with Crippen molar-refractivity contribution in [1.29, 1.82) is 0 Å². The second-order valence-electron chi connectivity index (χ2n) is 5.88. The fourth-order valence-corrected chi connectivity index (χ4v) is 2.66. The van der Waals surface area contributed by atoms with Crippen molar-refractivity contribution in [3.8, 4) is 0 Å². The van der Waals surface area contributed by atoms with E-state index in [0.29, 0.717) is 0 Å². The first-order valence-electron chi connectivity index (χ1n) is 8.41. The highest BCUT2D eigenvalue weighted by molar-refractivity contribution is 5.96. The molecule has 1 heterocycles. The zero-order valence-electron chi connectivity index (χ0n) is 14.4. The number of hydrogen-bond donors (Lipinski definition) is 2. The standard InChI is InChI=1S/C21H18FN3O2/c22-18-8-4-7-17(13-18)21(27)24-14-19(26)25-20(15-5-2-1-3-6-15)16-9-11-23-12-10-16/h1-13,20H,14H2,(H,24,27)(H,25,26). The summed E-state index contributed by atoms with van der Waals surface area (Å²) in [5.74, 6) is -1.37. The Morgan fingerprint density at radius 2 is 1.63 bits per heavy atom. The molecule has 0 bridgehead atoms. The molecule has 0 saturated heterocycles. The molecule has 136 valence electrons. The normalized spacial score (nSPS) is 11.4. The van der Waals surface area contributed by atoms with E-state index in [1.54, 1.807) is 12.4 Å². The Labute approximate surface area is 156 Å². The first-order chi connectivity index (χ1) is 13.1. The summed E-state index contributed by atoms with van der Waals surface area (Å²) in [6.07, 6.45) is 3.31. The van der Waals surface area contributed by atoms with Crippen molar-refractivity contribution in [2.24, 2.45) is 0 Å². The molecular formula is C21H18FN3O2. The monoisotopic (exact) mass is 363 g/mol. The fraction of sp³-hybridized carbons (Fsp3) is 0.0952. The molecule has 1 atom stereocenters. The number of carbonyl (C=O) groups excluding carboxylic acids is 2. The Hall–Kier alpha value is -3.54. The Kier molecular flexibility index (Phi) is 5.89. The molecule has 2 amide bonds. The van der Waals surface area contributed by atoms with Crippen LogP contribution in [0.1, 0.15) is 27.5 Å². The highest BCUT2D eigenvalue weighted by atomic mass is 19.1. The average Bonchev–Trinajstić information content (AvgIpc) is 2.71. The zero-order chi connectivity index (χ0) is 19.1. The lowest BCUT2D eigenvalue weighted by molar-refractivity contribution is -0.120. The summed E-state index contributed by atoms with van der Waals surface area (Å²) in [5, 5.41) is 5.42. The molecule has 2 aromatic carbocycles. The van der Waals surface area contributed by atoms with Crippen LogP contribution < -0.4 is 10.6 Å². The predicted molar refractivity (Wildman–Crippen MR) is 99.4 cm³/mol. The molecule has 6 heteroatoms. The number of benzene rings is 2. The van der Waals surface area contributed by atoms with Gasteiger partial charge < -0.3 is 10.6 Å². The van der Waals surface area contributed by atoms with Gasteiger partial charge in [0.1, 0.15) is 5.82 Å². The van der Waals surface area contributed by atoms with Crippen LogP contribution >= 0.6 is 0 Å². The van der Waals surface area contributed by atoms with Gasteiger partial charge in [-0.1, -0.05) is 36.4 Å². The second-order valence-corrected chi connectivity index (χ2v) is 5.88. The van der Waals surface area contributed by atoms with Gasteiger partial charge in [-0.25, -0.2) is 4.39 Å². The molecular weight excluding hydrogens is 345 g/mol. The number of aromatic nitrogens is 1. The number of nitrogens with one attached hydrogen (secondary N) is 2. The molecule has 1 aromatic heterocycles. The van der Waals surface area contributed by atoms with Gasteiger partial charge >= 0.3 is 0 Å². The smallest absolute Gasteiger partial charge is 0.251 e. The lowest BCUT2D eigenvalue weighted by Gasteiger charge is -2.20. The molecule has 0 fully saturated rings. The number of halogens is 1. The van der Waals surface area contributed by atoms with Gasteiger partial charge in [0.15, 0.2) is 0 Å². The third kappa shape index (κ3) is 4.98. The van der Waals surface area contributed by atoms with E-state index in [2.05, 4.69) is 15.6 Å². The quantitative estimate of drug-likeness (QED) is 0.707. The number of amides is 2. The van der Waals surface area contributed by atoms with Crippen LogP contribution in [-0.2, 0) is 4.79 Å². The molecule has 3 rings (SSSR count). The number of hydrogen-bond acceptors (Lipinski definition) is 3. The minimum atomic E-state index is -0.509. The lowest BCUT2D eigenvalue weighted by atomic mass is 10.00. The molecule has 3 aromatic rings. The molecule has 0 aliphatic carbocycles. The van der Waals surface area contributed by atoms with Crippen molar-refractivity contribution in [3.05, 3.63) is 102 Å². The Morgan fingerprint density at radius 3 is 2.33 bits per heavy atom. The van der Waals surface area contributed by atoms with Crippen LogP contribution in [0.3, 0.4) is 0 Å². The Balaban J connectivity index is 1.67. The highest BCUT2D eigenvalue weighted by Gasteiger charge is 2.17. The molecule has 2 N–H and O–H groups in total. The van der Waals surface area contributed by atoms with Crippen LogP contribution in [0.25, 0.3) is 0 Å². The molecule has 0 aliphatic heterocycles. The van der Waals surface area contributed by atoms with E-state index in [0.717, 1.165) is 17.2 Å². The minimum Gasteiger partial charge on any atom is -0.344 e. The van der Waals surface area contributed by atoms with Crippen LogP contribution in [0.5, 0.6) is 0 Å². The maximum Gasteiger partial charge on any atom is 0.251 e. The summed E-state index contributed by atoms with van der Waals surface area (Å²) in [6.45, 7) is -0.218. The highest BCUT2D eigenvalue weighted by Crippen LogP contribution is 2.21. The van der Waals surface area contributed by atoms with E-state index in [1.165, 1.54) is 18.2 Å². The predicted octanol–water partition coefficient (Wildman–Crippen LogP) is 2.86. The molecule has 1 unspecified atom stereocenters. The summed E-state index contributed by atoms with van der Waals surface area (Å²) in [6, 6.07) is 18.1. The van der Waals surface area contributed by atoms with Crippen LogP contribution in [0.2, 0.25) is 0 Å². The number of nitrogens with zero attached hydrogens (tertiary/aromatic N) is 1. The third-order valence-corrected chi connectivity index (χ3v) is 3.97. The van der Waals surface area contributed by atoms with Gasteiger partial charge in [0, 0.05) is 18.0 Å². The topological polar surface area (TPSA) is 71.1 Å². The maximum atomic E-state index is 13.2. The van der Waals surface area contributed by atoms with Gasteiger partial charge in [-0.15, -0.1) is 0 Å². The summed E-state index contributed by atoms with van der Waals surface area (Å²) in [4.78, 5) is 28.4. The van der Waals surface area contributed by atoms with Crippen molar-refractivity contribution in [2.75, 3.05) is 6.54 Å². The largest absolute Gasteiger partial charge is 0.344 e. The minimum absolute atomic E-state index is 0.163. The van der Waals surface area contributed by atoms with Gasteiger partial charge in [0.05, 0.1) is 12.6 Å². The van der Waals surface area contributed by atoms with Crippen LogP contribution in [0.4, 0.5) is 4.39 Å². The van der Waals surface area contributed by atoms with Gasteiger partial charge in [-0.3, -0.25) is 14.6 Å². The summed E-state index contributed by atoms with van der Waals surface area (Å²) < 4.78 is 13.2. The zero-order valence-corrected chi connectivity index (χ0v) is 14.4. The third-order valence-electron chi connectivity index (χ3n) is 3.97. The molecule has 0 saturated carbocycles. The molecule has 27 heavy (non-hydrogen) atoms. The molecule has 0 spiro atoms. The number of rotatable bonds is 6. The van der Waals surface area contributed by atoms with E-state index in [9.17, 15) is 14.0 Å². The van der Waals surface area contributed by atoms with Crippen molar-refractivity contribution >= 4 is 11.8 Å². The van der Waals surface area contributed by atoms with Crippen molar-refractivity contribution in [3.63, 3.8) is 0 Å². The number of carbonyl (C=O) groups is 2. The summed E-state index contributed by atoms with van der Waals surface area (Å²) >= 11 is 0. The van der Waals surface area contributed by atoms with Crippen molar-refractivity contribution < 1.29 is 14.0 Å². The van der Waals surface area contributed by atoms with Crippen molar-refractivity contribution in [1.82, 2.24) is 15.6 Å². The van der Waals surface area contributed by atoms with E-state index in [-0.39, 0.29) is 24.1 Å². The van der Waals surface area contributed by atoms with E-state index >= 15 is 0 Å². The van der Waals surface area contributed by atoms with Crippen LogP contribution in [0, 0.1) is 5.82 Å². The molecule has 0 radical (unpaired) electrons. The van der Waals surface area contributed by atoms with Gasteiger partial charge in [0.25, 0.3) is 5.91 Å². The average molecular weight is 363 g/mol. The Morgan fingerprint density at radius 1 is 0.926 bits per heavy atom. The molecule has 5 nitrogen and oxygen atoms in total. The van der Waals surface area contributed by atoms with Crippen molar-refractivity contribution in [2.45, 2.75) is 6.04 Å². The number of pyridine rings is 1. The molecule has 0 aliphatic rings. The first-order valence-corrected chi connectivity index (χ1v) is 8.41. The fourth-order valence-electron chi connectivity index (χ4n) is 2.66. The SMILES string of the molecule is O=C(CNC(=O)c1cccc(F)c1)NC(c1ccccc1)c1ccncc1. The summed E-state index contributed by atoms with van der Waals surface area (Å²) in [7, 11) is 0. The second kappa shape index (κ2) is 8.71. The van der Waals surface area contributed by atoms with E-state index in [1.807, 2.05) is 42.5 Å². The first kappa shape index (κ1) is 18.3. The Bertz CT molecular complexity index is 877.